The lowest BCUT2D eigenvalue weighted by molar-refractivity contribution is -0.121. The van der Waals surface area contributed by atoms with Crippen molar-refractivity contribution in [1.29, 1.82) is 0 Å². The van der Waals surface area contributed by atoms with E-state index in [1.807, 2.05) is 12.1 Å². The molecule has 22 heavy (non-hydrogen) atoms. The standard InChI is InChI=1S/C16H24FN3O2/c1-22-13-7-18-16(21)6-8-19-9-11-20(12-10-19)15-5-3-2-4-14(15)17/h2-5H,6-13H2,1H3,(H,18,21). The van der Waals surface area contributed by atoms with E-state index in [0.29, 0.717) is 25.3 Å². The molecule has 1 aliphatic heterocycles. The zero-order chi connectivity index (χ0) is 15.8. The minimum Gasteiger partial charge on any atom is -0.383 e. The van der Waals surface area contributed by atoms with Crippen LogP contribution in [0.4, 0.5) is 10.1 Å². The van der Waals surface area contributed by atoms with Crippen LogP contribution in [0.15, 0.2) is 24.3 Å². The van der Waals surface area contributed by atoms with Crippen molar-refractivity contribution in [2.45, 2.75) is 6.42 Å². The van der Waals surface area contributed by atoms with Gasteiger partial charge in [-0.1, -0.05) is 12.1 Å². The first kappa shape index (κ1) is 16.7. The Balaban J connectivity index is 1.69. The maximum Gasteiger partial charge on any atom is 0.221 e. The summed E-state index contributed by atoms with van der Waals surface area (Å²) in [5, 5.41) is 2.81. The lowest BCUT2D eigenvalue weighted by Gasteiger charge is -2.36. The molecule has 0 atom stereocenters. The number of ether oxygens (including phenoxy) is 1. The van der Waals surface area contributed by atoms with Crippen molar-refractivity contribution in [2.24, 2.45) is 0 Å². The maximum absolute atomic E-state index is 13.8. The maximum atomic E-state index is 13.8. The SMILES string of the molecule is COCCNC(=O)CCN1CCN(c2ccccc2F)CC1. The Morgan fingerprint density at radius 3 is 2.68 bits per heavy atom. The Labute approximate surface area is 131 Å². The summed E-state index contributed by atoms with van der Waals surface area (Å²) in [5.41, 5.74) is 0.666. The molecule has 1 saturated heterocycles. The van der Waals surface area contributed by atoms with E-state index in [4.69, 9.17) is 4.74 Å². The number of rotatable bonds is 7. The van der Waals surface area contributed by atoms with Crippen molar-refractivity contribution in [3.8, 4) is 0 Å². The predicted octanol–water partition coefficient (Wildman–Crippen LogP) is 1.10. The molecular formula is C16H24FN3O2. The Morgan fingerprint density at radius 2 is 2.00 bits per heavy atom. The van der Waals surface area contributed by atoms with Crippen LogP contribution in [0.25, 0.3) is 0 Å². The molecule has 0 spiro atoms. The lowest BCUT2D eigenvalue weighted by atomic mass is 10.2. The highest BCUT2D eigenvalue weighted by atomic mass is 19.1. The monoisotopic (exact) mass is 309 g/mol. The molecule has 1 aliphatic rings. The molecular weight excluding hydrogens is 285 g/mol. The van der Waals surface area contributed by atoms with Gasteiger partial charge >= 0.3 is 0 Å². The summed E-state index contributed by atoms with van der Waals surface area (Å²) in [6, 6.07) is 6.87. The number of carbonyl (C=O) groups is 1. The van der Waals surface area contributed by atoms with Crippen molar-refractivity contribution in [2.75, 3.05) is 57.9 Å². The van der Waals surface area contributed by atoms with Gasteiger partial charge in [-0.25, -0.2) is 4.39 Å². The van der Waals surface area contributed by atoms with Crippen LogP contribution in [0.2, 0.25) is 0 Å². The normalized spacial score (nSPS) is 15.8. The van der Waals surface area contributed by atoms with Gasteiger partial charge < -0.3 is 15.0 Å². The Kier molecular flexibility index (Phi) is 6.61. The summed E-state index contributed by atoms with van der Waals surface area (Å²) in [7, 11) is 1.61. The summed E-state index contributed by atoms with van der Waals surface area (Å²) in [6.45, 7) is 5.09. The second kappa shape index (κ2) is 8.70. The van der Waals surface area contributed by atoms with Crippen molar-refractivity contribution in [1.82, 2.24) is 10.2 Å². The third kappa shape index (κ3) is 4.96. The largest absolute Gasteiger partial charge is 0.383 e. The number of benzene rings is 1. The van der Waals surface area contributed by atoms with Gasteiger partial charge in [0.1, 0.15) is 5.82 Å². The van der Waals surface area contributed by atoms with Gasteiger partial charge in [-0.3, -0.25) is 9.69 Å². The average Bonchev–Trinajstić information content (AvgIpc) is 2.54. The van der Waals surface area contributed by atoms with Crippen molar-refractivity contribution in [3.05, 3.63) is 30.1 Å². The second-order valence-electron chi connectivity index (χ2n) is 5.37. The van der Waals surface area contributed by atoms with Gasteiger partial charge in [0.25, 0.3) is 0 Å². The molecule has 1 aromatic rings. The molecule has 0 saturated carbocycles. The highest BCUT2D eigenvalue weighted by Crippen LogP contribution is 2.20. The van der Waals surface area contributed by atoms with Crippen molar-refractivity contribution < 1.29 is 13.9 Å². The molecule has 0 aliphatic carbocycles. The molecule has 0 bridgehead atoms. The van der Waals surface area contributed by atoms with Crippen LogP contribution in [0.5, 0.6) is 0 Å². The minimum atomic E-state index is -0.173. The summed E-state index contributed by atoms with van der Waals surface area (Å²) in [4.78, 5) is 15.9. The van der Waals surface area contributed by atoms with Crippen LogP contribution in [0.1, 0.15) is 6.42 Å². The number of para-hydroxylation sites is 1. The molecule has 122 valence electrons. The van der Waals surface area contributed by atoms with Gasteiger partial charge in [0, 0.05) is 52.8 Å². The molecule has 1 amide bonds. The van der Waals surface area contributed by atoms with E-state index in [0.717, 1.165) is 32.7 Å². The number of hydrogen-bond donors (Lipinski definition) is 1. The Bertz CT molecular complexity index is 476. The zero-order valence-corrected chi connectivity index (χ0v) is 13.1. The number of carbonyl (C=O) groups excluding carboxylic acids is 1. The lowest BCUT2D eigenvalue weighted by Crippen LogP contribution is -2.47. The zero-order valence-electron chi connectivity index (χ0n) is 13.1. The smallest absolute Gasteiger partial charge is 0.221 e. The van der Waals surface area contributed by atoms with Crippen LogP contribution in [0, 0.1) is 5.82 Å². The summed E-state index contributed by atoms with van der Waals surface area (Å²) in [6.07, 6.45) is 0.489. The van der Waals surface area contributed by atoms with E-state index >= 15 is 0 Å². The van der Waals surface area contributed by atoms with Gasteiger partial charge in [0.2, 0.25) is 5.91 Å². The van der Waals surface area contributed by atoms with E-state index < -0.39 is 0 Å². The molecule has 0 unspecified atom stereocenters. The van der Waals surface area contributed by atoms with E-state index in [-0.39, 0.29) is 11.7 Å². The van der Waals surface area contributed by atoms with Crippen LogP contribution in [0.3, 0.4) is 0 Å². The van der Waals surface area contributed by atoms with Crippen molar-refractivity contribution >= 4 is 11.6 Å². The fourth-order valence-electron chi connectivity index (χ4n) is 2.56. The minimum absolute atomic E-state index is 0.0496. The molecule has 0 aromatic heterocycles. The van der Waals surface area contributed by atoms with E-state index in [1.54, 1.807) is 13.2 Å². The molecule has 0 radical (unpaired) electrons. The third-order valence-corrected chi connectivity index (χ3v) is 3.85. The van der Waals surface area contributed by atoms with Crippen LogP contribution in [-0.4, -0.2) is 63.8 Å². The van der Waals surface area contributed by atoms with Crippen LogP contribution < -0.4 is 10.2 Å². The Morgan fingerprint density at radius 1 is 1.27 bits per heavy atom. The topological polar surface area (TPSA) is 44.8 Å². The molecule has 1 N–H and O–H groups in total. The van der Waals surface area contributed by atoms with Crippen molar-refractivity contribution in [3.63, 3.8) is 0 Å². The number of piperazine rings is 1. The number of methoxy groups -OCH3 is 1. The first-order valence-corrected chi connectivity index (χ1v) is 7.68. The van der Waals surface area contributed by atoms with Gasteiger partial charge in [-0.05, 0) is 12.1 Å². The molecule has 1 heterocycles. The third-order valence-electron chi connectivity index (χ3n) is 3.85. The fourth-order valence-corrected chi connectivity index (χ4v) is 2.56. The molecule has 5 nitrogen and oxygen atoms in total. The van der Waals surface area contributed by atoms with E-state index in [9.17, 15) is 9.18 Å². The number of amides is 1. The first-order valence-electron chi connectivity index (χ1n) is 7.68. The van der Waals surface area contributed by atoms with E-state index in [2.05, 4.69) is 15.1 Å². The van der Waals surface area contributed by atoms with Gasteiger partial charge in [0.05, 0.1) is 12.3 Å². The molecule has 1 aromatic carbocycles. The number of nitrogens with one attached hydrogen (secondary N) is 1. The Hall–Kier alpha value is -1.66. The van der Waals surface area contributed by atoms with Crippen LogP contribution in [-0.2, 0) is 9.53 Å². The first-order chi connectivity index (χ1) is 10.7. The van der Waals surface area contributed by atoms with Gasteiger partial charge in [-0.2, -0.15) is 0 Å². The van der Waals surface area contributed by atoms with E-state index in [1.165, 1.54) is 6.07 Å². The number of nitrogens with zero attached hydrogens (tertiary/aromatic N) is 2. The number of halogens is 1. The average molecular weight is 309 g/mol. The van der Waals surface area contributed by atoms with Crippen LogP contribution >= 0.6 is 0 Å². The summed E-state index contributed by atoms with van der Waals surface area (Å²) in [5.74, 6) is -0.123. The summed E-state index contributed by atoms with van der Waals surface area (Å²) < 4.78 is 18.6. The quantitative estimate of drug-likeness (QED) is 0.766. The predicted molar refractivity (Wildman–Crippen MR) is 84.6 cm³/mol. The molecule has 2 rings (SSSR count). The second-order valence-corrected chi connectivity index (χ2v) is 5.37. The highest BCUT2D eigenvalue weighted by molar-refractivity contribution is 5.76. The molecule has 1 fully saturated rings. The number of hydrogen-bond acceptors (Lipinski definition) is 4. The molecule has 6 heteroatoms. The summed E-state index contributed by atoms with van der Waals surface area (Å²) >= 11 is 0. The van der Waals surface area contributed by atoms with Gasteiger partial charge in [0.15, 0.2) is 0 Å². The fraction of sp³-hybridized carbons (Fsp3) is 0.562. The van der Waals surface area contributed by atoms with Gasteiger partial charge in [-0.15, -0.1) is 0 Å². The highest BCUT2D eigenvalue weighted by Gasteiger charge is 2.19. The number of anilines is 1.